The predicted octanol–water partition coefficient (Wildman–Crippen LogP) is 5.73. The summed E-state index contributed by atoms with van der Waals surface area (Å²) in [6.45, 7) is 4.04. The summed E-state index contributed by atoms with van der Waals surface area (Å²) in [5, 5.41) is 18.3. The highest BCUT2D eigenvalue weighted by molar-refractivity contribution is 5.96. The van der Waals surface area contributed by atoms with Gasteiger partial charge in [0, 0.05) is 35.1 Å². The van der Waals surface area contributed by atoms with E-state index in [2.05, 4.69) is 22.8 Å². The fourth-order valence-electron chi connectivity index (χ4n) is 5.92. The number of rotatable bonds is 9. The van der Waals surface area contributed by atoms with Crippen LogP contribution in [0.25, 0.3) is 22.0 Å². The molecule has 1 aliphatic heterocycles. The summed E-state index contributed by atoms with van der Waals surface area (Å²) in [6.07, 6.45) is 1.98. The van der Waals surface area contributed by atoms with E-state index in [1.165, 1.54) is 0 Å². The molecule has 1 fully saturated rings. The highest BCUT2D eigenvalue weighted by atomic mass is 16.4. The van der Waals surface area contributed by atoms with E-state index in [1.807, 2.05) is 91.5 Å². The van der Waals surface area contributed by atoms with Gasteiger partial charge in [-0.15, -0.1) is 0 Å². The number of carboxylic acid groups (broad SMARTS) is 1. The summed E-state index contributed by atoms with van der Waals surface area (Å²) >= 11 is 0. The van der Waals surface area contributed by atoms with Gasteiger partial charge in [-0.05, 0) is 55.8 Å². The Kier molecular flexibility index (Phi) is 7.20. The molecule has 1 aromatic heterocycles. The SMILES string of the molecule is CC1CCC(C)N1c1c(NC(Cc2ccc(Nc3nc(-c4ccccc4)cc4ccccc34)cc2)C(=O)O)c(=O)c1=O. The van der Waals surface area contributed by atoms with Crippen LogP contribution in [0.1, 0.15) is 32.3 Å². The molecule has 1 aliphatic rings. The van der Waals surface area contributed by atoms with E-state index in [9.17, 15) is 19.5 Å². The van der Waals surface area contributed by atoms with Crippen LogP contribution in [-0.4, -0.2) is 34.2 Å². The van der Waals surface area contributed by atoms with Crippen LogP contribution >= 0.6 is 0 Å². The van der Waals surface area contributed by atoms with Crippen LogP contribution in [0.5, 0.6) is 0 Å². The molecule has 1 saturated heterocycles. The molecule has 3 unspecified atom stereocenters. The lowest BCUT2D eigenvalue weighted by Gasteiger charge is -2.32. The van der Waals surface area contributed by atoms with E-state index in [0.29, 0.717) is 5.69 Å². The summed E-state index contributed by atoms with van der Waals surface area (Å²) in [5.41, 5.74) is 2.70. The molecular weight excluding hydrogens is 528 g/mol. The second-order valence-electron chi connectivity index (χ2n) is 11.1. The van der Waals surface area contributed by atoms with Crippen molar-refractivity contribution in [1.82, 2.24) is 4.98 Å². The largest absolute Gasteiger partial charge is 0.480 e. The van der Waals surface area contributed by atoms with Crippen molar-refractivity contribution in [1.29, 1.82) is 0 Å². The third-order valence-corrected chi connectivity index (χ3v) is 8.18. The van der Waals surface area contributed by atoms with Crippen molar-refractivity contribution in [2.24, 2.45) is 0 Å². The Labute approximate surface area is 243 Å². The number of hydrogen-bond acceptors (Lipinski definition) is 7. The monoisotopic (exact) mass is 560 g/mol. The third kappa shape index (κ3) is 5.11. The van der Waals surface area contributed by atoms with Gasteiger partial charge in [0.15, 0.2) is 0 Å². The first-order valence-corrected chi connectivity index (χ1v) is 14.2. The Hall–Kier alpha value is -4.98. The van der Waals surface area contributed by atoms with Crippen molar-refractivity contribution in [2.45, 2.75) is 51.2 Å². The smallest absolute Gasteiger partial charge is 0.326 e. The summed E-state index contributed by atoms with van der Waals surface area (Å²) in [7, 11) is 0. The first kappa shape index (κ1) is 27.2. The van der Waals surface area contributed by atoms with E-state index < -0.39 is 22.9 Å². The molecule has 8 nitrogen and oxygen atoms in total. The molecule has 0 bridgehead atoms. The number of aliphatic carboxylic acids is 1. The lowest BCUT2D eigenvalue weighted by atomic mass is 10.0. The number of pyridine rings is 1. The fraction of sp³-hybridized carbons (Fsp3) is 0.235. The number of benzene rings is 3. The normalized spacial score (nSPS) is 17.4. The van der Waals surface area contributed by atoms with Crippen molar-refractivity contribution in [3.05, 3.63) is 111 Å². The van der Waals surface area contributed by atoms with Gasteiger partial charge in [0.05, 0.1) is 5.69 Å². The number of hydrogen-bond donors (Lipinski definition) is 3. The van der Waals surface area contributed by atoms with Crippen molar-refractivity contribution in [3.8, 4) is 11.3 Å². The van der Waals surface area contributed by atoms with E-state index in [0.717, 1.165) is 51.9 Å². The standard InChI is InChI=1S/C34H32N4O4/c1-20-12-13-21(2)38(20)30-29(31(39)32(30)40)36-28(34(41)42)18-22-14-16-25(17-15-22)35-33-26-11-7-6-10-24(26)19-27(37-33)23-8-4-3-5-9-23/h3-11,14-17,19-21,28,36H,12-13,18H2,1-2H3,(H,35,37)(H,41,42). The molecule has 3 atom stereocenters. The molecule has 0 radical (unpaired) electrons. The maximum atomic E-state index is 12.5. The molecule has 42 heavy (non-hydrogen) atoms. The van der Waals surface area contributed by atoms with Gasteiger partial charge < -0.3 is 20.6 Å². The maximum Gasteiger partial charge on any atom is 0.326 e. The number of carbonyl (C=O) groups is 1. The van der Waals surface area contributed by atoms with E-state index in [-0.39, 0.29) is 24.2 Å². The van der Waals surface area contributed by atoms with Gasteiger partial charge in [0.2, 0.25) is 0 Å². The van der Waals surface area contributed by atoms with Gasteiger partial charge in [-0.2, -0.15) is 0 Å². The number of fused-ring (bicyclic) bond motifs is 1. The number of nitrogens with one attached hydrogen (secondary N) is 2. The van der Waals surface area contributed by atoms with E-state index >= 15 is 0 Å². The third-order valence-electron chi connectivity index (χ3n) is 8.18. The van der Waals surface area contributed by atoms with Gasteiger partial charge >= 0.3 is 5.97 Å². The molecule has 0 aliphatic carbocycles. The van der Waals surface area contributed by atoms with Crippen molar-refractivity contribution >= 4 is 39.6 Å². The van der Waals surface area contributed by atoms with Gasteiger partial charge in [0.1, 0.15) is 23.2 Å². The highest BCUT2D eigenvalue weighted by Crippen LogP contribution is 2.33. The molecule has 6 rings (SSSR count). The second-order valence-corrected chi connectivity index (χ2v) is 11.1. The average Bonchev–Trinajstić information content (AvgIpc) is 3.33. The Morgan fingerprint density at radius 1 is 0.929 bits per heavy atom. The molecule has 3 N–H and O–H groups in total. The number of aromatic nitrogens is 1. The molecule has 4 aromatic carbocycles. The minimum Gasteiger partial charge on any atom is -0.480 e. The molecule has 5 aromatic rings. The number of anilines is 4. The summed E-state index contributed by atoms with van der Waals surface area (Å²) < 4.78 is 0. The molecule has 0 saturated carbocycles. The molecule has 2 heterocycles. The number of nitrogens with zero attached hydrogens (tertiary/aromatic N) is 2. The molecular formula is C34H32N4O4. The fourth-order valence-corrected chi connectivity index (χ4v) is 5.92. The van der Waals surface area contributed by atoms with E-state index in [4.69, 9.17) is 4.98 Å². The Morgan fingerprint density at radius 2 is 1.60 bits per heavy atom. The molecule has 212 valence electrons. The minimum atomic E-state index is -1.09. The van der Waals surface area contributed by atoms with Crippen molar-refractivity contribution in [2.75, 3.05) is 15.5 Å². The van der Waals surface area contributed by atoms with Gasteiger partial charge in [-0.25, -0.2) is 9.78 Å². The highest BCUT2D eigenvalue weighted by Gasteiger charge is 2.36. The Bertz CT molecular complexity index is 1820. The van der Waals surface area contributed by atoms with Crippen molar-refractivity contribution in [3.63, 3.8) is 0 Å². The van der Waals surface area contributed by atoms with Crippen LogP contribution < -0.4 is 26.4 Å². The van der Waals surface area contributed by atoms with Crippen LogP contribution in [0, 0.1) is 0 Å². The van der Waals surface area contributed by atoms with Gasteiger partial charge in [-0.1, -0.05) is 66.7 Å². The zero-order valence-corrected chi connectivity index (χ0v) is 23.5. The maximum absolute atomic E-state index is 12.5. The van der Waals surface area contributed by atoms with Crippen LogP contribution in [-0.2, 0) is 11.2 Å². The topological polar surface area (TPSA) is 112 Å². The molecule has 0 spiro atoms. The minimum absolute atomic E-state index is 0.113. The first-order valence-electron chi connectivity index (χ1n) is 14.2. The summed E-state index contributed by atoms with van der Waals surface area (Å²) in [5.74, 6) is -0.366. The summed E-state index contributed by atoms with van der Waals surface area (Å²) in [4.78, 5) is 44.0. The van der Waals surface area contributed by atoms with Gasteiger partial charge in [0.25, 0.3) is 10.9 Å². The van der Waals surface area contributed by atoms with Gasteiger partial charge in [-0.3, -0.25) is 9.59 Å². The Morgan fingerprint density at radius 3 is 2.29 bits per heavy atom. The quantitative estimate of drug-likeness (QED) is 0.196. The van der Waals surface area contributed by atoms with Crippen LogP contribution in [0.4, 0.5) is 22.9 Å². The first-order chi connectivity index (χ1) is 20.3. The van der Waals surface area contributed by atoms with Crippen LogP contribution in [0.2, 0.25) is 0 Å². The lowest BCUT2D eigenvalue weighted by Crippen LogP contribution is -2.48. The Balaban J connectivity index is 1.22. The van der Waals surface area contributed by atoms with E-state index in [1.54, 1.807) is 0 Å². The summed E-state index contributed by atoms with van der Waals surface area (Å²) in [6, 6.07) is 26.8. The van der Waals surface area contributed by atoms with Crippen LogP contribution in [0.15, 0.2) is 94.5 Å². The zero-order valence-electron chi connectivity index (χ0n) is 23.5. The number of carboxylic acids is 1. The zero-order chi connectivity index (χ0) is 29.4. The second kappa shape index (κ2) is 11.1. The molecule has 0 amide bonds. The average molecular weight is 561 g/mol. The lowest BCUT2D eigenvalue weighted by molar-refractivity contribution is -0.137. The van der Waals surface area contributed by atoms with Crippen molar-refractivity contribution < 1.29 is 9.90 Å². The molecule has 8 heteroatoms. The van der Waals surface area contributed by atoms with Crippen LogP contribution in [0.3, 0.4) is 0 Å². The predicted molar refractivity (Wildman–Crippen MR) is 168 cm³/mol.